The number of hydrogen-bond acceptors (Lipinski definition) is 3. The molecule has 1 aromatic carbocycles. The van der Waals surface area contributed by atoms with Crippen molar-refractivity contribution in [1.82, 2.24) is 5.32 Å². The Morgan fingerprint density at radius 1 is 1.31 bits per heavy atom. The molecule has 3 nitrogen and oxygen atoms in total. The summed E-state index contributed by atoms with van der Waals surface area (Å²) < 4.78 is 5.84. The molecule has 2 fully saturated rings. The molecule has 0 radical (unpaired) electrons. The summed E-state index contributed by atoms with van der Waals surface area (Å²) in [6, 6.07) is 10.6. The van der Waals surface area contributed by atoms with Crippen LogP contribution in [0, 0.1) is 23.2 Å². The Morgan fingerprint density at radius 3 is 2.85 bits per heavy atom. The predicted molar refractivity (Wildman–Crippen MR) is 104 cm³/mol. The summed E-state index contributed by atoms with van der Waals surface area (Å²) in [5.41, 5.74) is 3.08. The summed E-state index contributed by atoms with van der Waals surface area (Å²) >= 11 is 0. The van der Waals surface area contributed by atoms with Crippen molar-refractivity contribution in [3.05, 3.63) is 47.5 Å². The molecule has 140 valence electrons. The van der Waals surface area contributed by atoms with Crippen molar-refractivity contribution in [3.63, 3.8) is 0 Å². The Hall–Kier alpha value is -1.61. The van der Waals surface area contributed by atoms with Crippen LogP contribution in [0.25, 0.3) is 0 Å². The molecular weight excluding hydrogens is 322 g/mol. The van der Waals surface area contributed by atoms with Crippen molar-refractivity contribution in [2.45, 2.75) is 58.6 Å². The number of hydrogen-bond donors (Lipinski definition) is 1. The van der Waals surface area contributed by atoms with E-state index in [2.05, 4.69) is 56.4 Å². The van der Waals surface area contributed by atoms with Crippen LogP contribution in [0.4, 0.5) is 0 Å². The monoisotopic (exact) mass is 353 g/mol. The molecule has 3 heteroatoms. The molecule has 1 N–H and O–H groups in total. The maximum absolute atomic E-state index is 12.6. The van der Waals surface area contributed by atoms with Gasteiger partial charge in [0.2, 0.25) is 0 Å². The number of allylic oxidation sites excluding steroid dienone is 1. The zero-order valence-corrected chi connectivity index (χ0v) is 16.2. The van der Waals surface area contributed by atoms with Gasteiger partial charge >= 0.3 is 5.97 Å². The summed E-state index contributed by atoms with van der Waals surface area (Å²) in [5, 5.41) is 3.57. The van der Waals surface area contributed by atoms with Gasteiger partial charge in [0.1, 0.15) is 6.10 Å². The van der Waals surface area contributed by atoms with Crippen molar-refractivity contribution in [2.75, 3.05) is 6.54 Å². The number of nitrogens with one attached hydrogen (secondary N) is 1. The van der Waals surface area contributed by atoms with Crippen LogP contribution in [0.3, 0.4) is 0 Å². The molecule has 1 saturated carbocycles. The number of carbonyl (C=O) groups is 1. The highest BCUT2D eigenvalue weighted by molar-refractivity contribution is 5.76. The first kappa shape index (κ1) is 17.8. The lowest BCUT2D eigenvalue weighted by Crippen LogP contribution is -2.40. The van der Waals surface area contributed by atoms with Crippen LogP contribution >= 0.6 is 0 Å². The smallest absolute Gasteiger partial charge is 0.311 e. The Morgan fingerprint density at radius 2 is 2.08 bits per heavy atom. The molecule has 6 atom stereocenters. The normalized spacial score (nSPS) is 37.3. The SMILES string of the molecule is C[C@@H]1CCC[C@@]2(C)C[C@H]3OC(=O)[C@@H](CN[C@@H](C)c4ccccc4)[C@@H]3C=C12. The number of fused-ring (bicyclic) bond motifs is 2. The second-order valence-corrected chi connectivity index (χ2v) is 8.88. The largest absolute Gasteiger partial charge is 0.461 e. The average molecular weight is 354 g/mol. The topological polar surface area (TPSA) is 38.3 Å². The molecule has 26 heavy (non-hydrogen) atoms. The van der Waals surface area contributed by atoms with Gasteiger partial charge in [0.25, 0.3) is 0 Å². The van der Waals surface area contributed by atoms with Gasteiger partial charge in [-0.1, -0.05) is 62.2 Å². The minimum Gasteiger partial charge on any atom is -0.461 e. The summed E-state index contributed by atoms with van der Waals surface area (Å²) in [4.78, 5) is 12.6. The molecule has 2 aliphatic carbocycles. The number of esters is 1. The van der Waals surface area contributed by atoms with Crippen LogP contribution in [-0.2, 0) is 9.53 Å². The predicted octanol–water partition coefficient (Wildman–Crippen LogP) is 4.65. The number of rotatable bonds is 4. The fourth-order valence-corrected chi connectivity index (χ4v) is 5.45. The first-order valence-electron chi connectivity index (χ1n) is 10.2. The van der Waals surface area contributed by atoms with Crippen LogP contribution < -0.4 is 5.32 Å². The highest BCUT2D eigenvalue weighted by Crippen LogP contribution is 2.53. The van der Waals surface area contributed by atoms with Crippen molar-refractivity contribution >= 4 is 5.97 Å². The molecule has 1 aliphatic heterocycles. The van der Waals surface area contributed by atoms with Gasteiger partial charge in [0.15, 0.2) is 0 Å². The van der Waals surface area contributed by atoms with Crippen molar-refractivity contribution in [2.24, 2.45) is 23.2 Å². The van der Waals surface area contributed by atoms with Gasteiger partial charge in [-0.2, -0.15) is 0 Å². The van der Waals surface area contributed by atoms with Gasteiger partial charge in [-0.05, 0) is 43.1 Å². The lowest BCUT2D eigenvalue weighted by molar-refractivity contribution is -0.145. The van der Waals surface area contributed by atoms with E-state index in [1.54, 1.807) is 5.57 Å². The van der Waals surface area contributed by atoms with Crippen LogP contribution in [0.15, 0.2) is 42.0 Å². The second-order valence-electron chi connectivity index (χ2n) is 8.88. The second kappa shape index (κ2) is 6.84. The molecular formula is C23H31NO2. The quantitative estimate of drug-likeness (QED) is 0.632. The van der Waals surface area contributed by atoms with Crippen molar-refractivity contribution in [3.8, 4) is 0 Å². The molecule has 1 saturated heterocycles. The van der Waals surface area contributed by atoms with Gasteiger partial charge in [0, 0.05) is 18.5 Å². The maximum Gasteiger partial charge on any atom is 0.311 e. The lowest BCUT2D eigenvalue weighted by Gasteiger charge is -2.46. The molecule has 1 heterocycles. The molecule has 0 aromatic heterocycles. The standard InChI is InChI=1S/C23H31NO2/c1-15-8-7-11-23(3)13-21-18(12-20(15)23)19(22(25)26-21)14-24-16(2)17-9-5-4-6-10-17/h4-6,9-10,12,15-16,18-19,21,24H,7-8,11,13-14H2,1-3H3/t15-,16+,18+,19+,21-,23+/m1/s1. The Labute approximate surface area is 157 Å². The van der Waals surface area contributed by atoms with E-state index in [-0.39, 0.29) is 35.4 Å². The van der Waals surface area contributed by atoms with E-state index in [9.17, 15) is 4.79 Å². The maximum atomic E-state index is 12.6. The van der Waals surface area contributed by atoms with Gasteiger partial charge < -0.3 is 10.1 Å². The van der Waals surface area contributed by atoms with E-state index in [4.69, 9.17) is 4.74 Å². The van der Waals surface area contributed by atoms with E-state index in [0.29, 0.717) is 12.5 Å². The van der Waals surface area contributed by atoms with Crippen LogP contribution in [0.1, 0.15) is 58.1 Å². The fourth-order valence-electron chi connectivity index (χ4n) is 5.45. The summed E-state index contributed by atoms with van der Waals surface area (Å²) in [5.74, 6) is 0.806. The molecule has 0 unspecified atom stereocenters. The minimum atomic E-state index is -0.0580. The van der Waals surface area contributed by atoms with Crippen LogP contribution in [0.5, 0.6) is 0 Å². The average Bonchev–Trinajstić information content (AvgIpc) is 2.92. The highest BCUT2D eigenvalue weighted by atomic mass is 16.6. The molecule has 3 aliphatic rings. The third-order valence-corrected chi connectivity index (χ3v) is 7.02. The molecule has 4 rings (SSSR count). The van der Waals surface area contributed by atoms with Gasteiger partial charge in [-0.3, -0.25) is 4.79 Å². The third kappa shape index (κ3) is 3.11. The summed E-state index contributed by atoms with van der Waals surface area (Å²) in [6.07, 6.45) is 7.31. The van der Waals surface area contributed by atoms with Crippen molar-refractivity contribution in [1.29, 1.82) is 0 Å². The van der Waals surface area contributed by atoms with E-state index >= 15 is 0 Å². The van der Waals surface area contributed by atoms with E-state index < -0.39 is 0 Å². The number of ether oxygens (including phenoxy) is 1. The van der Waals surface area contributed by atoms with Gasteiger partial charge in [-0.25, -0.2) is 0 Å². The summed E-state index contributed by atoms with van der Waals surface area (Å²) in [7, 11) is 0. The zero-order valence-electron chi connectivity index (χ0n) is 16.2. The lowest BCUT2D eigenvalue weighted by atomic mass is 9.59. The first-order valence-corrected chi connectivity index (χ1v) is 10.2. The van der Waals surface area contributed by atoms with E-state index in [0.717, 1.165) is 6.42 Å². The number of carbonyl (C=O) groups excluding carboxylic acids is 1. The molecule has 1 aromatic rings. The molecule has 0 bridgehead atoms. The number of benzene rings is 1. The van der Waals surface area contributed by atoms with Gasteiger partial charge in [-0.15, -0.1) is 0 Å². The Bertz CT molecular complexity index is 697. The highest BCUT2D eigenvalue weighted by Gasteiger charge is 2.51. The molecule has 0 amide bonds. The Kier molecular flexibility index (Phi) is 4.68. The van der Waals surface area contributed by atoms with Crippen molar-refractivity contribution < 1.29 is 9.53 Å². The minimum absolute atomic E-state index is 0.0143. The van der Waals surface area contributed by atoms with Gasteiger partial charge in [0.05, 0.1) is 5.92 Å². The third-order valence-electron chi connectivity index (χ3n) is 7.02. The Balaban J connectivity index is 1.50. The van der Waals surface area contributed by atoms with E-state index in [1.165, 1.54) is 24.8 Å². The zero-order chi connectivity index (χ0) is 18.3. The van der Waals surface area contributed by atoms with Crippen LogP contribution in [-0.4, -0.2) is 18.6 Å². The molecule has 0 spiro atoms. The summed E-state index contributed by atoms with van der Waals surface area (Å²) in [6.45, 7) is 7.57. The fraction of sp³-hybridized carbons (Fsp3) is 0.609. The first-order chi connectivity index (χ1) is 12.5. The van der Waals surface area contributed by atoms with E-state index in [1.807, 2.05) is 6.07 Å². The van der Waals surface area contributed by atoms with Crippen LogP contribution in [0.2, 0.25) is 0 Å².